The molecule has 0 spiro atoms. The van der Waals surface area contributed by atoms with Gasteiger partial charge in [0.15, 0.2) is 5.78 Å². The van der Waals surface area contributed by atoms with Gasteiger partial charge in [-0.05, 0) is 42.5 Å². The summed E-state index contributed by atoms with van der Waals surface area (Å²) in [5.74, 6) is 0.457. The third-order valence-corrected chi connectivity index (χ3v) is 4.70. The maximum absolute atomic E-state index is 12.7. The molecule has 4 rings (SSSR count). The number of hydrogen-bond donors (Lipinski definition) is 0. The number of benzene rings is 2. The fourth-order valence-corrected chi connectivity index (χ4v) is 3.65. The highest BCUT2D eigenvalue weighted by Crippen LogP contribution is 2.37. The number of ketones is 1. The molecule has 2 nitrogen and oxygen atoms in total. The van der Waals surface area contributed by atoms with Gasteiger partial charge in [0.2, 0.25) is 0 Å². The lowest BCUT2D eigenvalue weighted by Gasteiger charge is -2.27. The lowest BCUT2D eigenvalue weighted by molar-refractivity contribution is -0.0149. The van der Waals surface area contributed by atoms with Crippen LogP contribution in [0.5, 0.6) is 0 Å². The Labute approximate surface area is 118 Å². The first-order valence-corrected chi connectivity index (χ1v) is 7.48. The quantitative estimate of drug-likeness (QED) is 0.768. The Morgan fingerprint density at radius 1 is 0.950 bits per heavy atom. The van der Waals surface area contributed by atoms with Crippen molar-refractivity contribution in [2.24, 2.45) is 5.92 Å². The van der Waals surface area contributed by atoms with Crippen molar-refractivity contribution >= 4 is 16.6 Å². The number of rotatable bonds is 2. The molecule has 0 aliphatic carbocycles. The monoisotopic (exact) mass is 266 g/mol. The second-order valence-corrected chi connectivity index (χ2v) is 6.05. The van der Waals surface area contributed by atoms with Gasteiger partial charge in [-0.1, -0.05) is 36.4 Å². The van der Waals surface area contributed by atoms with Crippen LogP contribution in [0.3, 0.4) is 0 Å². The van der Waals surface area contributed by atoms with Gasteiger partial charge in [-0.25, -0.2) is 0 Å². The zero-order valence-electron chi connectivity index (χ0n) is 11.4. The van der Waals surface area contributed by atoms with Crippen molar-refractivity contribution in [3.63, 3.8) is 0 Å². The molecule has 2 fully saturated rings. The topological polar surface area (TPSA) is 26.3 Å². The van der Waals surface area contributed by atoms with Gasteiger partial charge in [0.05, 0.1) is 12.2 Å². The predicted octanol–water partition coefficient (Wildman–Crippen LogP) is 3.98. The van der Waals surface area contributed by atoms with E-state index in [9.17, 15) is 4.79 Å². The van der Waals surface area contributed by atoms with Crippen LogP contribution in [0.15, 0.2) is 42.5 Å². The molecule has 20 heavy (non-hydrogen) atoms. The Morgan fingerprint density at radius 3 is 2.40 bits per heavy atom. The number of fused-ring (bicyclic) bond motifs is 3. The van der Waals surface area contributed by atoms with E-state index in [1.165, 1.54) is 5.39 Å². The summed E-state index contributed by atoms with van der Waals surface area (Å²) in [7, 11) is 0. The third-order valence-electron chi connectivity index (χ3n) is 4.70. The molecule has 2 aromatic rings. The van der Waals surface area contributed by atoms with Gasteiger partial charge in [-0.3, -0.25) is 4.79 Å². The standard InChI is InChI=1S/C18H18O2/c19-18(15-10-16-7-8-17(11-15)20-16)14-6-5-12-3-1-2-4-13(12)9-14/h1-6,9,15-17H,7-8,10-11H2. The number of hydrogen-bond acceptors (Lipinski definition) is 2. The van der Waals surface area contributed by atoms with Crippen molar-refractivity contribution in [1.82, 2.24) is 0 Å². The van der Waals surface area contributed by atoms with Crippen molar-refractivity contribution in [2.75, 3.05) is 0 Å². The van der Waals surface area contributed by atoms with Crippen LogP contribution in [-0.2, 0) is 4.74 Å². The highest BCUT2D eigenvalue weighted by Gasteiger charge is 2.38. The molecule has 2 aromatic carbocycles. The van der Waals surface area contributed by atoms with E-state index in [1.807, 2.05) is 24.3 Å². The van der Waals surface area contributed by atoms with Crippen LogP contribution in [0.4, 0.5) is 0 Å². The molecule has 2 atom stereocenters. The molecular weight excluding hydrogens is 248 g/mol. The number of carbonyl (C=O) groups excluding carboxylic acids is 1. The zero-order valence-corrected chi connectivity index (χ0v) is 11.4. The first-order chi connectivity index (χ1) is 9.79. The average molecular weight is 266 g/mol. The minimum absolute atomic E-state index is 0.155. The molecule has 0 saturated carbocycles. The number of ether oxygens (including phenoxy) is 1. The molecule has 2 aliphatic heterocycles. The molecular formula is C18H18O2. The predicted molar refractivity (Wildman–Crippen MR) is 78.9 cm³/mol. The highest BCUT2D eigenvalue weighted by atomic mass is 16.5. The van der Waals surface area contributed by atoms with E-state index in [-0.39, 0.29) is 5.92 Å². The van der Waals surface area contributed by atoms with Crippen LogP contribution >= 0.6 is 0 Å². The third kappa shape index (κ3) is 2.04. The fourth-order valence-electron chi connectivity index (χ4n) is 3.65. The Bertz CT molecular complexity index is 649. The van der Waals surface area contributed by atoms with E-state index in [1.54, 1.807) is 0 Å². The first kappa shape index (κ1) is 12.1. The minimum atomic E-state index is 0.155. The second kappa shape index (κ2) is 4.71. The first-order valence-electron chi connectivity index (χ1n) is 7.48. The van der Waals surface area contributed by atoms with Crippen molar-refractivity contribution in [2.45, 2.75) is 37.9 Å². The number of carbonyl (C=O) groups is 1. The summed E-state index contributed by atoms with van der Waals surface area (Å²) in [4.78, 5) is 12.7. The Kier molecular flexibility index (Phi) is 2.85. The Morgan fingerprint density at radius 2 is 1.65 bits per heavy atom. The van der Waals surface area contributed by atoms with Gasteiger partial charge in [0, 0.05) is 11.5 Å². The van der Waals surface area contributed by atoms with Crippen LogP contribution in [0, 0.1) is 5.92 Å². The Hall–Kier alpha value is -1.67. The van der Waals surface area contributed by atoms with Crippen LogP contribution in [0.25, 0.3) is 10.8 Å². The van der Waals surface area contributed by atoms with E-state index in [0.29, 0.717) is 18.0 Å². The molecule has 2 unspecified atom stereocenters. The SMILES string of the molecule is O=C(c1ccc2ccccc2c1)C1CC2CCC(C1)O2. The van der Waals surface area contributed by atoms with Crippen LogP contribution in [-0.4, -0.2) is 18.0 Å². The Balaban J connectivity index is 1.63. The van der Waals surface area contributed by atoms with Crippen molar-refractivity contribution in [3.05, 3.63) is 48.0 Å². The van der Waals surface area contributed by atoms with Crippen LogP contribution in [0.2, 0.25) is 0 Å². The average Bonchev–Trinajstić information content (AvgIpc) is 2.84. The van der Waals surface area contributed by atoms with E-state index in [4.69, 9.17) is 4.74 Å². The van der Waals surface area contributed by atoms with Crippen molar-refractivity contribution < 1.29 is 9.53 Å². The zero-order chi connectivity index (χ0) is 13.5. The lowest BCUT2D eigenvalue weighted by Crippen LogP contribution is -2.30. The maximum atomic E-state index is 12.7. The normalized spacial score (nSPS) is 28.7. The second-order valence-electron chi connectivity index (χ2n) is 6.05. The van der Waals surface area contributed by atoms with Gasteiger partial charge >= 0.3 is 0 Å². The highest BCUT2D eigenvalue weighted by molar-refractivity contribution is 6.01. The van der Waals surface area contributed by atoms with E-state index in [2.05, 4.69) is 18.2 Å². The summed E-state index contributed by atoms with van der Waals surface area (Å²) in [5.41, 5.74) is 0.856. The summed E-state index contributed by atoms with van der Waals surface area (Å²) < 4.78 is 5.83. The van der Waals surface area contributed by atoms with Gasteiger partial charge in [-0.15, -0.1) is 0 Å². The molecule has 0 amide bonds. The molecule has 2 bridgehead atoms. The smallest absolute Gasteiger partial charge is 0.166 e. The van der Waals surface area contributed by atoms with E-state index < -0.39 is 0 Å². The minimum Gasteiger partial charge on any atom is -0.375 e. The molecule has 0 aromatic heterocycles. The molecule has 0 N–H and O–H groups in total. The molecule has 0 radical (unpaired) electrons. The summed E-state index contributed by atoms with van der Waals surface area (Å²) in [5, 5.41) is 2.34. The molecule has 2 aliphatic rings. The van der Waals surface area contributed by atoms with Gasteiger partial charge < -0.3 is 4.74 Å². The molecule has 2 heteroatoms. The van der Waals surface area contributed by atoms with Crippen molar-refractivity contribution in [1.29, 1.82) is 0 Å². The van der Waals surface area contributed by atoms with E-state index >= 15 is 0 Å². The fraction of sp³-hybridized carbons (Fsp3) is 0.389. The van der Waals surface area contributed by atoms with Gasteiger partial charge in [-0.2, -0.15) is 0 Å². The van der Waals surface area contributed by atoms with Gasteiger partial charge in [0.1, 0.15) is 0 Å². The molecule has 2 saturated heterocycles. The van der Waals surface area contributed by atoms with Crippen molar-refractivity contribution in [3.8, 4) is 0 Å². The van der Waals surface area contributed by atoms with Crippen LogP contribution in [0.1, 0.15) is 36.0 Å². The maximum Gasteiger partial charge on any atom is 0.166 e. The largest absolute Gasteiger partial charge is 0.375 e. The molecule has 102 valence electrons. The lowest BCUT2D eigenvalue weighted by atomic mass is 9.87. The van der Waals surface area contributed by atoms with Crippen LogP contribution < -0.4 is 0 Å². The summed E-state index contributed by atoms with van der Waals surface area (Å²) >= 11 is 0. The van der Waals surface area contributed by atoms with Gasteiger partial charge in [0.25, 0.3) is 0 Å². The summed E-state index contributed by atoms with van der Waals surface area (Å²) in [6.45, 7) is 0. The molecule has 2 heterocycles. The van der Waals surface area contributed by atoms with E-state index in [0.717, 1.165) is 36.6 Å². The summed E-state index contributed by atoms with van der Waals surface area (Å²) in [6.07, 6.45) is 4.72. The number of Topliss-reactive ketones (excluding diaryl/α,β-unsaturated/α-hetero) is 1. The summed E-state index contributed by atoms with van der Waals surface area (Å²) in [6, 6.07) is 14.3.